The molecule has 0 amide bonds. The summed E-state index contributed by atoms with van der Waals surface area (Å²) in [5.41, 5.74) is 0.354. The van der Waals surface area contributed by atoms with Crippen LogP contribution in [0.2, 0.25) is 0 Å². The molecular weight excluding hydrogens is 314 g/mol. The molecule has 2 aromatic rings. The number of thiocyanates is 1. The lowest BCUT2D eigenvalue weighted by molar-refractivity contribution is 0.430. The number of hydrogen-bond acceptors (Lipinski definition) is 2. The standard InChI is InChI=1S/C16H9F4NS/c17-12-11(10-5-3-9(4-6-10)8-1-2-8)13(18)15(20)16(14(12)19)22-7-21/h3-6,8H,1-2H2. The summed E-state index contributed by atoms with van der Waals surface area (Å²) in [6, 6.07) is 6.32. The van der Waals surface area contributed by atoms with Crippen molar-refractivity contribution in [1.82, 2.24) is 0 Å². The summed E-state index contributed by atoms with van der Waals surface area (Å²) in [7, 11) is 0. The Morgan fingerprint density at radius 2 is 1.45 bits per heavy atom. The lowest BCUT2D eigenvalue weighted by atomic mass is 10.0. The zero-order valence-electron chi connectivity index (χ0n) is 11.2. The molecule has 1 aliphatic carbocycles. The molecule has 0 aliphatic heterocycles. The molecule has 1 saturated carbocycles. The van der Waals surface area contributed by atoms with Crippen LogP contribution in [0.5, 0.6) is 0 Å². The largest absolute Gasteiger partial charge is 0.203 e. The minimum Gasteiger partial charge on any atom is -0.203 e. The molecule has 0 spiro atoms. The Hall–Kier alpha value is -2.00. The minimum atomic E-state index is -1.55. The van der Waals surface area contributed by atoms with Gasteiger partial charge in [-0.3, -0.25) is 0 Å². The molecule has 6 heteroatoms. The maximum absolute atomic E-state index is 14.1. The molecule has 0 bridgehead atoms. The average molecular weight is 323 g/mol. The van der Waals surface area contributed by atoms with Gasteiger partial charge in [0.05, 0.1) is 10.5 Å². The van der Waals surface area contributed by atoms with E-state index in [4.69, 9.17) is 5.26 Å². The van der Waals surface area contributed by atoms with E-state index in [0.717, 1.165) is 18.4 Å². The number of halogens is 4. The number of hydrogen-bond donors (Lipinski definition) is 0. The van der Waals surface area contributed by atoms with Crippen LogP contribution in [0.25, 0.3) is 11.1 Å². The van der Waals surface area contributed by atoms with Crippen molar-refractivity contribution in [2.75, 3.05) is 0 Å². The molecule has 0 aromatic heterocycles. The number of rotatable bonds is 3. The van der Waals surface area contributed by atoms with Crippen molar-refractivity contribution < 1.29 is 17.6 Å². The van der Waals surface area contributed by atoms with Gasteiger partial charge >= 0.3 is 0 Å². The fourth-order valence-electron chi connectivity index (χ4n) is 2.34. The van der Waals surface area contributed by atoms with Crippen molar-refractivity contribution in [3.05, 3.63) is 53.1 Å². The van der Waals surface area contributed by atoms with Crippen LogP contribution in [-0.4, -0.2) is 0 Å². The third kappa shape index (κ3) is 2.46. The van der Waals surface area contributed by atoms with Crippen LogP contribution in [0.15, 0.2) is 29.2 Å². The number of nitriles is 1. The lowest BCUT2D eigenvalue weighted by Crippen LogP contribution is -2.02. The molecule has 1 fully saturated rings. The van der Waals surface area contributed by atoms with E-state index in [1.165, 1.54) is 17.5 Å². The molecule has 0 saturated heterocycles. The van der Waals surface area contributed by atoms with Crippen LogP contribution < -0.4 is 0 Å². The normalized spacial score (nSPS) is 14.0. The van der Waals surface area contributed by atoms with Crippen LogP contribution in [0, 0.1) is 33.9 Å². The Bertz CT molecular complexity index is 747. The lowest BCUT2D eigenvalue weighted by Gasteiger charge is -2.10. The molecular formula is C16H9F4NS. The highest BCUT2D eigenvalue weighted by molar-refractivity contribution is 8.03. The van der Waals surface area contributed by atoms with E-state index in [2.05, 4.69) is 0 Å². The number of thioether (sulfide) groups is 1. The molecule has 22 heavy (non-hydrogen) atoms. The number of benzene rings is 2. The van der Waals surface area contributed by atoms with E-state index < -0.39 is 33.7 Å². The van der Waals surface area contributed by atoms with Gasteiger partial charge in [-0.05, 0) is 41.6 Å². The Kier molecular flexibility index (Phi) is 3.83. The Morgan fingerprint density at radius 3 is 1.91 bits per heavy atom. The van der Waals surface area contributed by atoms with E-state index in [9.17, 15) is 17.6 Å². The van der Waals surface area contributed by atoms with E-state index >= 15 is 0 Å². The highest BCUT2D eigenvalue weighted by atomic mass is 32.2. The Labute approximate surface area is 128 Å². The summed E-state index contributed by atoms with van der Waals surface area (Å²) in [6.45, 7) is 0. The highest BCUT2D eigenvalue weighted by Gasteiger charge is 2.27. The zero-order chi connectivity index (χ0) is 15.9. The topological polar surface area (TPSA) is 23.8 Å². The fourth-order valence-corrected chi connectivity index (χ4v) is 2.79. The molecule has 2 aromatic carbocycles. The van der Waals surface area contributed by atoms with E-state index in [1.807, 2.05) is 0 Å². The quantitative estimate of drug-likeness (QED) is 0.328. The highest BCUT2D eigenvalue weighted by Crippen LogP contribution is 2.41. The predicted octanol–water partition coefficient (Wildman–Crippen LogP) is 5.36. The summed E-state index contributed by atoms with van der Waals surface area (Å²) >= 11 is 0.0509. The van der Waals surface area contributed by atoms with Gasteiger partial charge in [0, 0.05) is 0 Å². The second kappa shape index (κ2) is 5.65. The van der Waals surface area contributed by atoms with Gasteiger partial charge in [0.2, 0.25) is 0 Å². The van der Waals surface area contributed by atoms with Gasteiger partial charge in [-0.15, -0.1) is 0 Å². The second-order valence-electron chi connectivity index (χ2n) is 5.05. The van der Waals surface area contributed by atoms with E-state index in [-0.39, 0.29) is 17.3 Å². The van der Waals surface area contributed by atoms with Crippen molar-refractivity contribution in [1.29, 1.82) is 5.26 Å². The van der Waals surface area contributed by atoms with Gasteiger partial charge in [0.15, 0.2) is 23.3 Å². The Balaban J connectivity index is 2.12. The zero-order valence-corrected chi connectivity index (χ0v) is 12.0. The van der Waals surface area contributed by atoms with Gasteiger partial charge in [0.25, 0.3) is 0 Å². The van der Waals surface area contributed by atoms with Crippen LogP contribution >= 0.6 is 11.8 Å². The molecule has 0 N–H and O–H groups in total. The molecule has 0 heterocycles. The van der Waals surface area contributed by atoms with Gasteiger partial charge in [0.1, 0.15) is 5.40 Å². The first kappa shape index (κ1) is 14.9. The summed E-state index contributed by atoms with van der Waals surface area (Å²) in [5, 5.41) is 9.87. The van der Waals surface area contributed by atoms with Crippen molar-refractivity contribution in [2.24, 2.45) is 0 Å². The summed E-state index contributed by atoms with van der Waals surface area (Å²) in [6.07, 6.45) is 2.15. The third-order valence-corrected chi connectivity index (χ3v) is 4.27. The van der Waals surface area contributed by atoms with Crippen molar-refractivity contribution in [2.45, 2.75) is 23.7 Å². The first-order chi connectivity index (χ1) is 10.5. The minimum absolute atomic E-state index is 0.0509. The van der Waals surface area contributed by atoms with Crippen molar-refractivity contribution in [3.63, 3.8) is 0 Å². The van der Waals surface area contributed by atoms with Gasteiger partial charge in [-0.1, -0.05) is 24.3 Å². The molecule has 0 unspecified atom stereocenters. The first-order valence-corrected chi connectivity index (χ1v) is 7.38. The SMILES string of the molecule is N#CSc1c(F)c(F)c(-c2ccc(C3CC3)cc2)c(F)c1F. The summed E-state index contributed by atoms with van der Waals surface area (Å²) in [5.74, 6) is -5.61. The molecule has 1 nitrogen and oxygen atoms in total. The van der Waals surface area contributed by atoms with Gasteiger partial charge in [-0.25, -0.2) is 17.6 Å². The van der Waals surface area contributed by atoms with Crippen LogP contribution in [-0.2, 0) is 0 Å². The molecule has 0 atom stereocenters. The van der Waals surface area contributed by atoms with E-state index in [1.54, 1.807) is 12.1 Å². The van der Waals surface area contributed by atoms with Crippen molar-refractivity contribution in [3.8, 4) is 16.5 Å². The van der Waals surface area contributed by atoms with Gasteiger partial charge in [-0.2, -0.15) is 5.26 Å². The number of nitrogens with zero attached hydrogens (tertiary/aromatic N) is 1. The first-order valence-electron chi connectivity index (χ1n) is 6.56. The maximum atomic E-state index is 14.1. The van der Waals surface area contributed by atoms with Crippen LogP contribution in [0.4, 0.5) is 17.6 Å². The summed E-state index contributed by atoms with van der Waals surface area (Å²) < 4.78 is 55.8. The molecule has 0 radical (unpaired) electrons. The second-order valence-corrected chi connectivity index (χ2v) is 5.84. The van der Waals surface area contributed by atoms with Crippen LogP contribution in [0.1, 0.15) is 24.3 Å². The average Bonchev–Trinajstić information content (AvgIpc) is 3.35. The maximum Gasteiger partial charge on any atom is 0.177 e. The Morgan fingerprint density at radius 1 is 0.909 bits per heavy atom. The monoisotopic (exact) mass is 323 g/mol. The summed E-state index contributed by atoms with van der Waals surface area (Å²) in [4.78, 5) is -0.962. The molecule has 1 aliphatic rings. The van der Waals surface area contributed by atoms with Gasteiger partial charge < -0.3 is 0 Å². The fraction of sp³-hybridized carbons (Fsp3) is 0.188. The van der Waals surface area contributed by atoms with E-state index in [0.29, 0.717) is 5.92 Å². The smallest absolute Gasteiger partial charge is 0.177 e. The predicted molar refractivity (Wildman–Crippen MR) is 75.2 cm³/mol. The molecule has 3 rings (SSSR count). The van der Waals surface area contributed by atoms with Crippen molar-refractivity contribution >= 4 is 11.8 Å². The molecule has 112 valence electrons. The van der Waals surface area contributed by atoms with Crippen LogP contribution in [0.3, 0.4) is 0 Å². The third-order valence-electron chi connectivity index (χ3n) is 3.62.